The molecule has 0 spiro atoms. The summed E-state index contributed by atoms with van der Waals surface area (Å²) in [7, 11) is -3.41. The van der Waals surface area contributed by atoms with Crippen molar-refractivity contribution in [2.45, 2.75) is 12.7 Å². The van der Waals surface area contributed by atoms with Gasteiger partial charge >= 0.3 is 0 Å². The molecule has 2 aromatic rings. The Kier molecular flexibility index (Phi) is 5.24. The molecule has 3 rings (SSSR count). The quantitative estimate of drug-likeness (QED) is 0.802. The van der Waals surface area contributed by atoms with Gasteiger partial charge in [0.15, 0.2) is 5.78 Å². The molecular weight excluding hydrogens is 354 g/mol. The van der Waals surface area contributed by atoms with E-state index < -0.39 is 10.0 Å². The topological polar surface area (TPSA) is 90.6 Å². The smallest absolute Gasteiger partial charge is 0.270 e. The SMILES string of the molecule is CC(=O)c1c[nH]c(C(=O)N2CCN(S(=O)(=O)Cc3ccccc3)CC2)c1. The van der Waals surface area contributed by atoms with Crippen molar-refractivity contribution >= 4 is 21.7 Å². The number of hydrogen-bond acceptors (Lipinski definition) is 4. The minimum Gasteiger partial charge on any atom is -0.356 e. The number of piperazine rings is 1. The molecule has 1 aliphatic heterocycles. The number of rotatable bonds is 5. The van der Waals surface area contributed by atoms with E-state index in [1.54, 1.807) is 17.0 Å². The molecule has 1 aliphatic rings. The number of ketones is 1. The van der Waals surface area contributed by atoms with Gasteiger partial charge in [0.05, 0.1) is 5.75 Å². The lowest BCUT2D eigenvalue weighted by Gasteiger charge is -2.33. The number of benzene rings is 1. The van der Waals surface area contributed by atoms with Crippen molar-refractivity contribution in [3.05, 3.63) is 59.4 Å². The second-order valence-electron chi connectivity index (χ2n) is 6.29. The second-order valence-corrected chi connectivity index (χ2v) is 8.26. The van der Waals surface area contributed by atoms with Crippen molar-refractivity contribution in [1.29, 1.82) is 0 Å². The number of carbonyl (C=O) groups excluding carboxylic acids is 2. The molecule has 0 unspecified atom stereocenters. The summed E-state index contributed by atoms with van der Waals surface area (Å²) < 4.78 is 26.5. The average Bonchev–Trinajstić information content (AvgIpc) is 3.12. The van der Waals surface area contributed by atoms with Gasteiger partial charge in [-0.3, -0.25) is 9.59 Å². The fourth-order valence-corrected chi connectivity index (χ4v) is 4.45. The van der Waals surface area contributed by atoms with E-state index in [2.05, 4.69) is 4.98 Å². The maximum atomic E-state index is 12.6. The molecule has 1 N–H and O–H groups in total. The number of nitrogens with zero attached hydrogens (tertiary/aromatic N) is 2. The van der Waals surface area contributed by atoms with Gasteiger partial charge in [-0.15, -0.1) is 0 Å². The lowest BCUT2D eigenvalue weighted by atomic mass is 10.2. The highest BCUT2D eigenvalue weighted by Crippen LogP contribution is 2.15. The van der Waals surface area contributed by atoms with Crippen LogP contribution in [0.25, 0.3) is 0 Å². The van der Waals surface area contributed by atoms with E-state index in [4.69, 9.17) is 0 Å². The first-order valence-corrected chi connectivity index (χ1v) is 9.98. The predicted octanol–water partition coefficient (Wildman–Crippen LogP) is 1.51. The largest absolute Gasteiger partial charge is 0.356 e. The Morgan fingerprint density at radius 3 is 2.31 bits per heavy atom. The minimum absolute atomic E-state index is 0.0413. The number of carbonyl (C=O) groups is 2. The molecule has 7 nitrogen and oxygen atoms in total. The first-order chi connectivity index (χ1) is 12.4. The van der Waals surface area contributed by atoms with Crippen LogP contribution in [0.15, 0.2) is 42.6 Å². The summed E-state index contributed by atoms with van der Waals surface area (Å²) >= 11 is 0. The Morgan fingerprint density at radius 2 is 1.73 bits per heavy atom. The van der Waals surface area contributed by atoms with E-state index in [1.807, 2.05) is 18.2 Å². The average molecular weight is 375 g/mol. The molecule has 8 heteroatoms. The molecule has 1 aromatic carbocycles. The Morgan fingerprint density at radius 1 is 1.08 bits per heavy atom. The molecular formula is C18H21N3O4S. The molecule has 1 aromatic heterocycles. The summed E-state index contributed by atoms with van der Waals surface area (Å²) in [6.45, 7) is 2.61. The van der Waals surface area contributed by atoms with Crippen molar-refractivity contribution < 1.29 is 18.0 Å². The number of Topliss-reactive ketones (excluding diaryl/α,β-unsaturated/α-hetero) is 1. The monoisotopic (exact) mass is 375 g/mol. The van der Waals surface area contributed by atoms with E-state index in [1.165, 1.54) is 23.5 Å². The minimum atomic E-state index is -3.41. The van der Waals surface area contributed by atoms with Crippen LogP contribution in [-0.2, 0) is 15.8 Å². The van der Waals surface area contributed by atoms with Gasteiger partial charge in [0.25, 0.3) is 5.91 Å². The maximum Gasteiger partial charge on any atom is 0.270 e. The zero-order chi connectivity index (χ0) is 18.7. The number of H-pyrrole nitrogens is 1. The summed E-state index contributed by atoms with van der Waals surface area (Å²) in [6, 6.07) is 10.6. The normalized spacial score (nSPS) is 15.8. The van der Waals surface area contributed by atoms with Crippen LogP contribution in [0.4, 0.5) is 0 Å². The zero-order valence-electron chi connectivity index (χ0n) is 14.5. The number of aromatic amines is 1. The van der Waals surface area contributed by atoms with Crippen molar-refractivity contribution in [1.82, 2.24) is 14.2 Å². The highest BCUT2D eigenvalue weighted by Gasteiger charge is 2.29. The Hall–Kier alpha value is -2.45. The van der Waals surface area contributed by atoms with Crippen LogP contribution in [0.5, 0.6) is 0 Å². The van der Waals surface area contributed by atoms with Crippen LogP contribution >= 0.6 is 0 Å². The molecule has 0 bridgehead atoms. The van der Waals surface area contributed by atoms with Gasteiger partial charge in [-0.05, 0) is 18.6 Å². The van der Waals surface area contributed by atoms with Crippen LogP contribution in [0.1, 0.15) is 33.3 Å². The summed E-state index contributed by atoms with van der Waals surface area (Å²) in [5, 5.41) is 0. The third-order valence-corrected chi connectivity index (χ3v) is 6.28. The Labute approximate surface area is 152 Å². The Balaban J connectivity index is 1.61. The number of nitrogens with one attached hydrogen (secondary N) is 1. The highest BCUT2D eigenvalue weighted by molar-refractivity contribution is 7.88. The van der Waals surface area contributed by atoms with Crippen LogP contribution in [-0.4, -0.2) is 60.5 Å². The molecule has 26 heavy (non-hydrogen) atoms. The van der Waals surface area contributed by atoms with Gasteiger partial charge in [0.1, 0.15) is 5.69 Å². The van der Waals surface area contributed by atoms with Gasteiger partial charge < -0.3 is 9.88 Å². The third-order valence-electron chi connectivity index (χ3n) is 4.43. The Bertz CT molecular complexity index is 898. The van der Waals surface area contributed by atoms with E-state index in [9.17, 15) is 18.0 Å². The van der Waals surface area contributed by atoms with Crippen LogP contribution in [0.3, 0.4) is 0 Å². The molecule has 1 fully saturated rings. The third kappa shape index (κ3) is 4.03. The summed E-state index contributed by atoms with van der Waals surface area (Å²) in [5.41, 5.74) is 1.54. The molecule has 0 saturated carbocycles. The summed E-state index contributed by atoms with van der Waals surface area (Å²) in [4.78, 5) is 28.3. The number of amides is 1. The molecule has 138 valence electrons. The van der Waals surface area contributed by atoms with Crippen molar-refractivity contribution in [3.63, 3.8) is 0 Å². The standard InChI is InChI=1S/C18H21N3O4S/c1-14(22)16-11-17(19-12-16)18(23)20-7-9-21(10-8-20)26(24,25)13-15-5-3-2-4-6-15/h2-6,11-12,19H,7-10,13H2,1H3. The van der Waals surface area contributed by atoms with Gasteiger partial charge in [-0.25, -0.2) is 8.42 Å². The fraction of sp³-hybridized carbons (Fsp3) is 0.333. The summed E-state index contributed by atoms with van der Waals surface area (Å²) in [5.74, 6) is -0.379. The van der Waals surface area contributed by atoms with Crippen molar-refractivity contribution in [3.8, 4) is 0 Å². The number of aromatic nitrogens is 1. The first-order valence-electron chi connectivity index (χ1n) is 8.37. The van der Waals surface area contributed by atoms with Crippen molar-refractivity contribution in [2.24, 2.45) is 0 Å². The van der Waals surface area contributed by atoms with Crippen LogP contribution in [0.2, 0.25) is 0 Å². The lowest BCUT2D eigenvalue weighted by Crippen LogP contribution is -2.50. The molecule has 0 atom stereocenters. The maximum absolute atomic E-state index is 12.6. The molecule has 1 amide bonds. The fourth-order valence-electron chi connectivity index (χ4n) is 2.94. The van der Waals surface area contributed by atoms with Crippen LogP contribution in [0, 0.1) is 0 Å². The molecule has 0 aliphatic carbocycles. The highest BCUT2D eigenvalue weighted by atomic mass is 32.2. The molecule has 0 radical (unpaired) electrons. The number of sulfonamides is 1. The second kappa shape index (κ2) is 7.43. The van der Waals surface area contributed by atoms with E-state index in [-0.39, 0.29) is 30.5 Å². The lowest BCUT2D eigenvalue weighted by molar-refractivity contribution is 0.0692. The number of hydrogen-bond donors (Lipinski definition) is 1. The zero-order valence-corrected chi connectivity index (χ0v) is 15.3. The first kappa shape index (κ1) is 18.3. The van der Waals surface area contributed by atoms with Gasteiger partial charge in [0.2, 0.25) is 10.0 Å². The van der Waals surface area contributed by atoms with E-state index in [0.717, 1.165) is 5.56 Å². The van der Waals surface area contributed by atoms with Gasteiger partial charge in [0, 0.05) is 37.9 Å². The van der Waals surface area contributed by atoms with Gasteiger partial charge in [-0.2, -0.15) is 4.31 Å². The molecule has 2 heterocycles. The van der Waals surface area contributed by atoms with E-state index in [0.29, 0.717) is 24.3 Å². The van der Waals surface area contributed by atoms with E-state index >= 15 is 0 Å². The van der Waals surface area contributed by atoms with Gasteiger partial charge in [-0.1, -0.05) is 30.3 Å². The van der Waals surface area contributed by atoms with Crippen LogP contribution < -0.4 is 0 Å². The molecule has 1 saturated heterocycles. The predicted molar refractivity (Wildman–Crippen MR) is 97.3 cm³/mol. The van der Waals surface area contributed by atoms with Crippen molar-refractivity contribution in [2.75, 3.05) is 26.2 Å². The summed E-state index contributed by atoms with van der Waals surface area (Å²) in [6.07, 6.45) is 1.51.